The maximum absolute atomic E-state index is 3.85. The Balaban J connectivity index is 2.06. The minimum absolute atomic E-state index is 0.814. The first kappa shape index (κ1) is 11.6. The first-order chi connectivity index (χ1) is 6.20. The Bertz CT molecular complexity index is 125. The normalized spacial score (nSPS) is 21.2. The zero-order valence-corrected chi connectivity index (χ0v) is 10.6. The van der Waals surface area contributed by atoms with E-state index in [1.165, 1.54) is 44.9 Å². The van der Waals surface area contributed by atoms with Gasteiger partial charge in [0.2, 0.25) is 0 Å². The third-order valence-electron chi connectivity index (χ3n) is 3.17. The molecule has 0 aromatic rings. The molecule has 0 aromatic heterocycles. The molecular weight excluding hydrogens is 224 g/mol. The molecule has 1 aliphatic rings. The van der Waals surface area contributed by atoms with Crippen molar-refractivity contribution in [3.8, 4) is 0 Å². The summed E-state index contributed by atoms with van der Waals surface area (Å²) in [6, 6.07) is 0. The van der Waals surface area contributed by atoms with E-state index in [2.05, 4.69) is 29.8 Å². The molecule has 1 saturated carbocycles. The van der Waals surface area contributed by atoms with Gasteiger partial charge in [-0.3, -0.25) is 0 Å². The first-order valence-corrected chi connectivity index (χ1v) is 6.75. The van der Waals surface area contributed by atoms with Gasteiger partial charge < -0.3 is 0 Å². The smallest absolute Gasteiger partial charge is 0.0174 e. The fraction of sp³-hybridized carbons (Fsp3) is 1.00. The van der Waals surface area contributed by atoms with Gasteiger partial charge in [-0.2, -0.15) is 0 Å². The quantitative estimate of drug-likeness (QED) is 0.614. The number of hydrogen-bond donors (Lipinski definition) is 0. The van der Waals surface area contributed by atoms with Gasteiger partial charge in [0.25, 0.3) is 0 Å². The lowest BCUT2D eigenvalue weighted by atomic mass is 9.97. The Morgan fingerprint density at radius 3 is 2.31 bits per heavy atom. The number of alkyl halides is 1. The third-order valence-corrected chi connectivity index (χ3v) is 4.38. The SMILES string of the molecule is CC(C)CCCC(Br)C1CCCC1. The van der Waals surface area contributed by atoms with Gasteiger partial charge in [0.05, 0.1) is 0 Å². The molecule has 0 amide bonds. The third kappa shape index (κ3) is 4.49. The van der Waals surface area contributed by atoms with Crippen LogP contribution >= 0.6 is 15.9 Å². The van der Waals surface area contributed by atoms with E-state index >= 15 is 0 Å². The summed E-state index contributed by atoms with van der Waals surface area (Å²) >= 11 is 3.85. The van der Waals surface area contributed by atoms with Gasteiger partial charge in [0.15, 0.2) is 0 Å². The molecule has 1 aliphatic carbocycles. The van der Waals surface area contributed by atoms with E-state index < -0.39 is 0 Å². The van der Waals surface area contributed by atoms with E-state index in [1.54, 1.807) is 0 Å². The molecule has 0 radical (unpaired) electrons. The van der Waals surface area contributed by atoms with Crippen molar-refractivity contribution in [3.63, 3.8) is 0 Å². The summed E-state index contributed by atoms with van der Waals surface area (Å²) < 4.78 is 0. The molecule has 0 spiro atoms. The fourth-order valence-corrected chi connectivity index (χ4v) is 3.13. The minimum Gasteiger partial charge on any atom is -0.0888 e. The van der Waals surface area contributed by atoms with Crippen molar-refractivity contribution in [1.82, 2.24) is 0 Å². The maximum atomic E-state index is 3.85. The van der Waals surface area contributed by atoms with Crippen molar-refractivity contribution in [2.45, 2.75) is 63.6 Å². The molecule has 78 valence electrons. The molecule has 0 N–H and O–H groups in total. The van der Waals surface area contributed by atoms with E-state index in [-0.39, 0.29) is 0 Å². The van der Waals surface area contributed by atoms with Crippen LogP contribution in [0.15, 0.2) is 0 Å². The first-order valence-electron chi connectivity index (χ1n) is 5.84. The van der Waals surface area contributed by atoms with Gasteiger partial charge in [0.1, 0.15) is 0 Å². The average Bonchev–Trinajstić information content (AvgIpc) is 2.55. The van der Waals surface area contributed by atoms with Crippen LogP contribution in [0.5, 0.6) is 0 Å². The van der Waals surface area contributed by atoms with Crippen LogP contribution in [0.3, 0.4) is 0 Å². The molecule has 0 saturated heterocycles. The van der Waals surface area contributed by atoms with Crippen molar-refractivity contribution >= 4 is 15.9 Å². The number of halogens is 1. The lowest BCUT2D eigenvalue weighted by Crippen LogP contribution is -2.10. The molecule has 0 nitrogen and oxygen atoms in total. The summed E-state index contributed by atoms with van der Waals surface area (Å²) in [6.07, 6.45) is 10.1. The highest BCUT2D eigenvalue weighted by Gasteiger charge is 2.22. The van der Waals surface area contributed by atoms with Crippen molar-refractivity contribution in [2.75, 3.05) is 0 Å². The Morgan fingerprint density at radius 1 is 1.15 bits per heavy atom. The molecule has 1 rings (SSSR count). The second kappa shape index (κ2) is 6.06. The molecule has 1 fully saturated rings. The van der Waals surface area contributed by atoms with Crippen LogP contribution in [0, 0.1) is 11.8 Å². The minimum atomic E-state index is 0.814. The maximum Gasteiger partial charge on any atom is 0.0174 e. The molecular formula is C12H23Br. The summed E-state index contributed by atoms with van der Waals surface area (Å²) in [5.74, 6) is 1.87. The summed E-state index contributed by atoms with van der Waals surface area (Å²) in [5.41, 5.74) is 0. The van der Waals surface area contributed by atoms with Gasteiger partial charge in [0, 0.05) is 4.83 Å². The summed E-state index contributed by atoms with van der Waals surface area (Å²) in [4.78, 5) is 0.814. The summed E-state index contributed by atoms with van der Waals surface area (Å²) in [6.45, 7) is 4.64. The van der Waals surface area contributed by atoms with Crippen LogP contribution < -0.4 is 0 Å². The van der Waals surface area contributed by atoms with Crippen LogP contribution in [0.1, 0.15) is 58.8 Å². The predicted molar refractivity (Wildman–Crippen MR) is 63.4 cm³/mol. The molecule has 0 heterocycles. The van der Waals surface area contributed by atoms with Crippen molar-refractivity contribution in [2.24, 2.45) is 11.8 Å². The van der Waals surface area contributed by atoms with Crippen LogP contribution in [-0.4, -0.2) is 4.83 Å². The van der Waals surface area contributed by atoms with Gasteiger partial charge in [-0.05, 0) is 31.1 Å². The summed E-state index contributed by atoms with van der Waals surface area (Å²) in [5, 5.41) is 0. The molecule has 1 unspecified atom stereocenters. The van der Waals surface area contributed by atoms with Crippen LogP contribution in [0.25, 0.3) is 0 Å². The molecule has 0 bridgehead atoms. The van der Waals surface area contributed by atoms with Crippen molar-refractivity contribution in [1.29, 1.82) is 0 Å². The standard InChI is InChI=1S/C12H23Br/c1-10(2)6-5-9-12(13)11-7-3-4-8-11/h10-12H,3-9H2,1-2H3. The molecule has 0 aliphatic heterocycles. The van der Waals surface area contributed by atoms with Crippen LogP contribution in [0.4, 0.5) is 0 Å². The Labute approximate surface area is 91.6 Å². The fourth-order valence-electron chi connectivity index (χ4n) is 2.28. The lowest BCUT2D eigenvalue weighted by Gasteiger charge is -2.17. The number of hydrogen-bond acceptors (Lipinski definition) is 0. The Hall–Kier alpha value is 0.480. The average molecular weight is 247 g/mol. The van der Waals surface area contributed by atoms with E-state index in [9.17, 15) is 0 Å². The number of rotatable bonds is 5. The highest BCUT2D eigenvalue weighted by atomic mass is 79.9. The lowest BCUT2D eigenvalue weighted by molar-refractivity contribution is 0.464. The van der Waals surface area contributed by atoms with Crippen LogP contribution in [0.2, 0.25) is 0 Å². The van der Waals surface area contributed by atoms with Gasteiger partial charge >= 0.3 is 0 Å². The monoisotopic (exact) mass is 246 g/mol. The van der Waals surface area contributed by atoms with Gasteiger partial charge in [-0.1, -0.05) is 55.5 Å². The molecule has 1 heteroatoms. The van der Waals surface area contributed by atoms with Crippen molar-refractivity contribution < 1.29 is 0 Å². The Kier molecular flexibility index (Phi) is 5.38. The van der Waals surface area contributed by atoms with Gasteiger partial charge in [-0.15, -0.1) is 0 Å². The predicted octanol–water partition coefficient (Wildman–Crippen LogP) is 4.77. The topological polar surface area (TPSA) is 0 Å². The second-order valence-corrected chi connectivity index (χ2v) is 6.06. The van der Waals surface area contributed by atoms with Crippen molar-refractivity contribution in [3.05, 3.63) is 0 Å². The molecule has 13 heavy (non-hydrogen) atoms. The summed E-state index contributed by atoms with van der Waals surface area (Å²) in [7, 11) is 0. The highest BCUT2D eigenvalue weighted by Crippen LogP contribution is 2.33. The zero-order valence-electron chi connectivity index (χ0n) is 9.06. The second-order valence-electron chi connectivity index (χ2n) is 4.89. The zero-order chi connectivity index (χ0) is 9.68. The highest BCUT2D eigenvalue weighted by molar-refractivity contribution is 9.09. The largest absolute Gasteiger partial charge is 0.0888 e. The van der Waals surface area contributed by atoms with E-state index in [4.69, 9.17) is 0 Å². The van der Waals surface area contributed by atoms with Crippen LogP contribution in [-0.2, 0) is 0 Å². The Morgan fingerprint density at radius 2 is 1.77 bits per heavy atom. The van der Waals surface area contributed by atoms with E-state index in [0.29, 0.717) is 0 Å². The molecule has 0 aromatic carbocycles. The van der Waals surface area contributed by atoms with E-state index in [1.807, 2.05) is 0 Å². The van der Waals surface area contributed by atoms with Gasteiger partial charge in [-0.25, -0.2) is 0 Å². The van der Waals surface area contributed by atoms with E-state index in [0.717, 1.165) is 16.7 Å². The molecule has 1 atom stereocenters.